The van der Waals surface area contributed by atoms with Crippen LogP contribution in [0.2, 0.25) is 0 Å². The van der Waals surface area contributed by atoms with Gasteiger partial charge in [0.15, 0.2) is 0 Å². The summed E-state index contributed by atoms with van der Waals surface area (Å²) in [4.78, 5) is 0. The summed E-state index contributed by atoms with van der Waals surface area (Å²) in [6, 6.07) is 0. The Kier molecular flexibility index (Phi) is 3.09. The standard InChI is InChI=1S/C2Br2F3I/c3-1(4,5)2(6,7)8. The summed E-state index contributed by atoms with van der Waals surface area (Å²) in [6.45, 7) is 0. The van der Waals surface area contributed by atoms with Crippen LogP contribution in [0.4, 0.5) is 13.2 Å². The molecule has 0 fully saturated rings. The van der Waals surface area contributed by atoms with Gasteiger partial charge in [0.2, 0.25) is 0 Å². The summed E-state index contributed by atoms with van der Waals surface area (Å²) in [5, 5.41) is 0. The molecule has 0 aliphatic rings. The van der Waals surface area contributed by atoms with Crippen molar-refractivity contribution in [2.45, 2.75) is 7.42 Å². The van der Waals surface area contributed by atoms with Crippen LogP contribution < -0.4 is 0 Å². The van der Waals surface area contributed by atoms with Crippen molar-refractivity contribution in [2.75, 3.05) is 0 Å². The second-order valence-electron chi connectivity index (χ2n) is 0.996. The first-order valence-electron chi connectivity index (χ1n) is 1.38. The molecular formula is C2Br2F3I. The van der Waals surface area contributed by atoms with Gasteiger partial charge < -0.3 is 0 Å². The molecule has 0 aromatic rings. The molecule has 0 saturated carbocycles. The Morgan fingerprint density at radius 1 is 1.12 bits per heavy atom. The maximum Gasteiger partial charge on any atom is 0.349 e. The fraction of sp³-hybridized carbons (Fsp3) is 1.00. The molecule has 6 heteroatoms. The lowest BCUT2D eigenvalue weighted by atomic mass is 10.8. The first kappa shape index (κ1) is 9.48. The first-order valence-corrected chi connectivity index (χ1v) is 4.05. The van der Waals surface area contributed by atoms with Crippen LogP contribution in [-0.4, -0.2) is 7.42 Å². The smallest absolute Gasteiger partial charge is 0.211 e. The van der Waals surface area contributed by atoms with Crippen LogP contribution in [0.1, 0.15) is 0 Å². The minimum atomic E-state index is -3.43. The van der Waals surface area contributed by atoms with Crippen molar-refractivity contribution in [1.29, 1.82) is 0 Å². The number of hydrogen-bond donors (Lipinski definition) is 0. The lowest BCUT2D eigenvalue weighted by Crippen LogP contribution is -2.25. The van der Waals surface area contributed by atoms with E-state index in [2.05, 4.69) is 31.9 Å². The summed E-state index contributed by atoms with van der Waals surface area (Å²) in [7, 11) is 0. The third-order valence-corrected chi connectivity index (χ3v) is 3.54. The molecule has 0 aliphatic carbocycles. The number of rotatable bonds is 1. The van der Waals surface area contributed by atoms with Crippen LogP contribution in [-0.2, 0) is 0 Å². The van der Waals surface area contributed by atoms with Crippen LogP contribution in [0.5, 0.6) is 0 Å². The number of hydrogen-bond acceptors (Lipinski definition) is 0. The van der Waals surface area contributed by atoms with Gasteiger partial charge in [0.1, 0.15) is 0 Å². The maximum atomic E-state index is 12.0. The van der Waals surface area contributed by atoms with Crippen molar-refractivity contribution >= 4 is 54.5 Å². The second-order valence-corrected chi connectivity index (χ2v) is 5.60. The predicted octanol–water partition coefficient (Wildman–Crippen LogP) is 3.43. The minimum Gasteiger partial charge on any atom is -0.211 e. The predicted molar refractivity (Wildman–Crippen MR) is 40.7 cm³/mol. The molecule has 0 rings (SSSR count). The van der Waals surface area contributed by atoms with Crippen LogP contribution in [0.15, 0.2) is 0 Å². The van der Waals surface area contributed by atoms with Crippen molar-refractivity contribution in [3.63, 3.8) is 0 Å². The zero-order valence-corrected chi connectivity index (χ0v) is 8.60. The van der Waals surface area contributed by atoms with E-state index in [4.69, 9.17) is 0 Å². The molecule has 0 atom stereocenters. The molecule has 0 radical (unpaired) electrons. The van der Waals surface area contributed by atoms with Crippen molar-refractivity contribution in [2.24, 2.45) is 0 Å². The monoisotopic (exact) mass is 366 g/mol. The highest BCUT2D eigenvalue weighted by Crippen LogP contribution is 2.47. The van der Waals surface area contributed by atoms with E-state index in [1.807, 2.05) is 0 Å². The molecule has 0 saturated heterocycles. The number of halogens is 6. The van der Waals surface area contributed by atoms with Gasteiger partial charge in [0.25, 0.3) is 3.49 Å². The summed E-state index contributed by atoms with van der Waals surface area (Å²) in [5.74, 6) is 0. The van der Waals surface area contributed by atoms with Crippen LogP contribution in [0.3, 0.4) is 0 Å². The Labute approximate surface area is 74.6 Å². The van der Waals surface area contributed by atoms with Crippen LogP contribution in [0, 0.1) is 0 Å². The van der Waals surface area contributed by atoms with Gasteiger partial charge in [-0.25, -0.2) is 4.39 Å². The molecule has 0 aromatic heterocycles. The zero-order valence-electron chi connectivity index (χ0n) is 3.27. The second kappa shape index (κ2) is 2.61. The lowest BCUT2D eigenvalue weighted by Gasteiger charge is -2.15. The van der Waals surface area contributed by atoms with Crippen LogP contribution in [0.25, 0.3) is 0 Å². The molecule has 50 valence electrons. The first-order chi connectivity index (χ1) is 3.25. The Balaban J connectivity index is 4.02. The van der Waals surface area contributed by atoms with Crippen molar-refractivity contribution in [3.8, 4) is 0 Å². The van der Waals surface area contributed by atoms with E-state index in [-0.39, 0.29) is 0 Å². The fourth-order valence-corrected chi connectivity index (χ4v) is 0. The van der Waals surface area contributed by atoms with E-state index in [1.54, 1.807) is 0 Å². The topological polar surface area (TPSA) is 0 Å². The van der Waals surface area contributed by atoms with Gasteiger partial charge in [0, 0.05) is 22.6 Å². The molecule has 8 heavy (non-hydrogen) atoms. The van der Waals surface area contributed by atoms with E-state index >= 15 is 0 Å². The Morgan fingerprint density at radius 3 is 1.25 bits per heavy atom. The molecule has 0 heterocycles. The quantitative estimate of drug-likeness (QED) is 0.492. The molecular weight excluding hydrogens is 368 g/mol. The van der Waals surface area contributed by atoms with Gasteiger partial charge in [-0.1, -0.05) is 0 Å². The van der Waals surface area contributed by atoms with E-state index in [9.17, 15) is 13.2 Å². The Morgan fingerprint density at radius 2 is 1.25 bits per heavy atom. The highest BCUT2D eigenvalue weighted by Gasteiger charge is 2.48. The highest BCUT2D eigenvalue weighted by atomic mass is 127. The molecule has 0 spiro atoms. The molecule has 0 aliphatic heterocycles. The Hall–Kier alpha value is 1.48. The fourth-order valence-electron chi connectivity index (χ4n) is 0. The van der Waals surface area contributed by atoms with E-state index in [1.165, 1.54) is 0 Å². The maximum absolute atomic E-state index is 12.0. The zero-order chi connectivity index (χ0) is 7.00. The van der Waals surface area contributed by atoms with E-state index < -0.39 is 7.42 Å². The van der Waals surface area contributed by atoms with Gasteiger partial charge >= 0.3 is 3.93 Å². The molecule has 0 bridgehead atoms. The van der Waals surface area contributed by atoms with Crippen molar-refractivity contribution in [1.82, 2.24) is 0 Å². The largest absolute Gasteiger partial charge is 0.349 e. The van der Waals surface area contributed by atoms with Crippen molar-refractivity contribution in [3.05, 3.63) is 0 Å². The lowest BCUT2D eigenvalue weighted by molar-refractivity contribution is 0.0664. The van der Waals surface area contributed by atoms with Gasteiger partial charge in [-0.15, -0.1) is 0 Å². The summed E-state index contributed by atoms with van der Waals surface area (Å²) < 4.78 is 29.3. The Bertz CT molecular complexity index is 70.3. The van der Waals surface area contributed by atoms with E-state index in [0.29, 0.717) is 22.6 Å². The molecule has 0 N–H and O–H groups in total. The summed E-state index contributed by atoms with van der Waals surface area (Å²) in [5.41, 5.74) is 0. The molecule has 0 nitrogen and oxygen atoms in total. The third-order valence-electron chi connectivity index (χ3n) is 0.321. The molecule has 0 aromatic carbocycles. The van der Waals surface area contributed by atoms with Crippen LogP contribution >= 0.6 is 54.5 Å². The van der Waals surface area contributed by atoms with Gasteiger partial charge in [-0.05, 0) is 31.9 Å². The summed E-state index contributed by atoms with van der Waals surface area (Å²) >= 11 is 4.86. The highest BCUT2D eigenvalue weighted by molar-refractivity contribution is 14.1. The van der Waals surface area contributed by atoms with Gasteiger partial charge in [-0.2, -0.15) is 8.78 Å². The normalized spacial score (nSPS) is 14.2. The third kappa shape index (κ3) is 2.86. The van der Waals surface area contributed by atoms with Gasteiger partial charge in [-0.3, -0.25) is 0 Å². The molecule has 0 unspecified atom stereocenters. The SMILES string of the molecule is FC(Br)(Br)C(F)(F)I. The minimum absolute atomic E-state index is 0.681. The number of alkyl halides is 6. The van der Waals surface area contributed by atoms with E-state index in [0.717, 1.165) is 0 Å². The molecule has 0 amide bonds. The average Bonchev–Trinajstić information content (AvgIpc) is 1.25. The summed E-state index contributed by atoms with van der Waals surface area (Å²) in [6.07, 6.45) is 0. The van der Waals surface area contributed by atoms with Gasteiger partial charge in [0.05, 0.1) is 0 Å². The van der Waals surface area contributed by atoms with Crippen molar-refractivity contribution < 1.29 is 13.2 Å². The average molecular weight is 368 g/mol.